The van der Waals surface area contributed by atoms with E-state index >= 15 is 4.39 Å². The SMILES string of the molecule is COC(=O)N[C@H](C(=O)N1CCC[C@H]1c1ncc(-c2cc(Cl)c3c(c2)OCn2c-3cc3cc(-c4cnc([C@@H]5CCCN5C(=O)[C@@H](NC(=O)OC)C(C)C)[nH]4)c(F)cc32)[nH]1)C(C)C. The number of alkyl carbamates (subject to hydrolysis) is 2. The molecule has 16 nitrogen and oxygen atoms in total. The van der Waals surface area contributed by atoms with Gasteiger partial charge in [-0.2, -0.15) is 0 Å². The number of nitrogens with one attached hydrogen (secondary N) is 4. The number of amides is 4. The fraction of sp³-hybridized carbons (Fsp3) is 0.442. The van der Waals surface area contributed by atoms with Crippen molar-refractivity contribution in [3.05, 3.63) is 65.2 Å². The normalized spacial score (nSPS) is 18.2. The van der Waals surface area contributed by atoms with E-state index in [9.17, 15) is 19.2 Å². The molecule has 2 fully saturated rings. The van der Waals surface area contributed by atoms with Crippen LogP contribution in [0.4, 0.5) is 14.0 Å². The van der Waals surface area contributed by atoms with E-state index in [2.05, 4.69) is 30.6 Å². The summed E-state index contributed by atoms with van der Waals surface area (Å²) in [5.74, 6) is 0.494. The second kappa shape index (κ2) is 16.7. The Kier molecular flexibility index (Phi) is 11.4. The number of rotatable bonds is 10. The van der Waals surface area contributed by atoms with E-state index < -0.39 is 30.1 Å². The van der Waals surface area contributed by atoms with Crippen molar-refractivity contribution in [1.29, 1.82) is 0 Å². The van der Waals surface area contributed by atoms with E-state index in [1.807, 2.05) is 50.5 Å². The van der Waals surface area contributed by atoms with E-state index in [0.29, 0.717) is 76.4 Å². The van der Waals surface area contributed by atoms with Gasteiger partial charge in [0, 0.05) is 29.6 Å². The summed E-state index contributed by atoms with van der Waals surface area (Å²) in [6, 6.07) is 6.71. The van der Waals surface area contributed by atoms with Crippen LogP contribution in [0.15, 0.2) is 42.7 Å². The number of hydrogen-bond acceptors (Lipinski definition) is 9. The predicted octanol–water partition coefficient (Wildman–Crippen LogP) is 7.32. The molecule has 2 aromatic carbocycles. The predicted molar refractivity (Wildman–Crippen MR) is 224 cm³/mol. The molecule has 4 atom stereocenters. The lowest BCUT2D eigenvalue weighted by molar-refractivity contribution is -0.136. The van der Waals surface area contributed by atoms with Gasteiger partial charge in [0.1, 0.15) is 35.3 Å². The number of halogens is 2. The summed E-state index contributed by atoms with van der Waals surface area (Å²) in [6.07, 6.45) is 4.86. The van der Waals surface area contributed by atoms with Crippen molar-refractivity contribution in [2.75, 3.05) is 27.3 Å². The number of hydrogen-bond donors (Lipinski definition) is 4. The molecule has 0 aliphatic carbocycles. The molecular weight excluding hydrogens is 809 g/mol. The number of nitrogens with zero attached hydrogens (tertiary/aromatic N) is 5. The van der Waals surface area contributed by atoms with Gasteiger partial charge in [0.15, 0.2) is 6.73 Å². The van der Waals surface area contributed by atoms with Gasteiger partial charge in [-0.1, -0.05) is 39.3 Å². The third-order valence-corrected chi connectivity index (χ3v) is 12.2. The second-order valence-electron chi connectivity index (χ2n) is 16.4. The van der Waals surface area contributed by atoms with Crippen molar-refractivity contribution in [3.63, 3.8) is 0 Å². The van der Waals surface area contributed by atoms with Crippen LogP contribution < -0.4 is 15.4 Å². The van der Waals surface area contributed by atoms with E-state index in [4.69, 9.17) is 25.8 Å². The van der Waals surface area contributed by atoms with Crippen LogP contribution in [-0.4, -0.2) is 97.7 Å². The summed E-state index contributed by atoms with van der Waals surface area (Å²) in [4.78, 5) is 70.8. The molecule has 61 heavy (non-hydrogen) atoms. The Bertz CT molecular complexity index is 2510. The van der Waals surface area contributed by atoms with E-state index in [1.54, 1.807) is 28.3 Å². The number of carbonyl (C=O) groups excluding carboxylic acids is 4. The van der Waals surface area contributed by atoms with Gasteiger partial charge in [-0.05, 0) is 67.9 Å². The van der Waals surface area contributed by atoms with Crippen molar-refractivity contribution < 1.29 is 37.8 Å². The number of imidazole rings is 2. The molecule has 0 spiro atoms. The van der Waals surface area contributed by atoms with Crippen LogP contribution in [0.2, 0.25) is 5.02 Å². The fourth-order valence-corrected chi connectivity index (χ4v) is 9.06. The van der Waals surface area contributed by atoms with Crippen LogP contribution in [0.1, 0.15) is 77.1 Å². The number of ether oxygens (including phenoxy) is 3. The Labute approximate surface area is 356 Å². The molecule has 2 saturated heterocycles. The highest BCUT2D eigenvalue weighted by Crippen LogP contribution is 2.46. The molecule has 3 aliphatic rings. The van der Waals surface area contributed by atoms with Gasteiger partial charge >= 0.3 is 12.2 Å². The average molecular weight is 858 g/mol. The summed E-state index contributed by atoms with van der Waals surface area (Å²) in [5.41, 5.74) is 4.26. The smallest absolute Gasteiger partial charge is 0.407 e. The van der Waals surface area contributed by atoms with Crippen LogP contribution in [0.25, 0.3) is 44.7 Å². The second-order valence-corrected chi connectivity index (χ2v) is 16.8. The van der Waals surface area contributed by atoms with Gasteiger partial charge in [-0.3, -0.25) is 9.59 Å². The molecule has 18 heteroatoms. The summed E-state index contributed by atoms with van der Waals surface area (Å²) < 4.78 is 33.7. The van der Waals surface area contributed by atoms with Crippen molar-refractivity contribution in [1.82, 2.24) is 44.9 Å². The van der Waals surface area contributed by atoms with Gasteiger partial charge in [0.05, 0.1) is 71.9 Å². The molecule has 0 radical (unpaired) electrons. The third-order valence-electron chi connectivity index (χ3n) is 11.9. The molecule has 4 N–H and O–H groups in total. The molecule has 4 amide bonds. The summed E-state index contributed by atoms with van der Waals surface area (Å²) in [6.45, 7) is 8.61. The first-order chi connectivity index (χ1) is 29.3. The zero-order valence-electron chi connectivity index (χ0n) is 34.8. The monoisotopic (exact) mass is 857 g/mol. The van der Waals surface area contributed by atoms with Crippen molar-refractivity contribution in [3.8, 4) is 39.5 Å². The van der Waals surface area contributed by atoms with Crippen molar-refractivity contribution in [2.24, 2.45) is 11.8 Å². The van der Waals surface area contributed by atoms with E-state index in [1.165, 1.54) is 20.3 Å². The van der Waals surface area contributed by atoms with Crippen molar-refractivity contribution >= 4 is 46.5 Å². The van der Waals surface area contributed by atoms with E-state index in [-0.39, 0.29) is 42.5 Å². The highest BCUT2D eigenvalue weighted by atomic mass is 35.5. The lowest BCUT2D eigenvalue weighted by Crippen LogP contribution is -2.51. The molecule has 0 saturated carbocycles. The summed E-state index contributed by atoms with van der Waals surface area (Å²) in [5, 5.41) is 6.52. The number of H-pyrrole nitrogens is 2. The number of methoxy groups -OCH3 is 2. The van der Waals surface area contributed by atoms with Crippen LogP contribution in [-0.2, 0) is 25.8 Å². The number of fused-ring (bicyclic) bond motifs is 5. The number of aromatic amines is 2. The van der Waals surface area contributed by atoms with Crippen LogP contribution in [0.5, 0.6) is 5.75 Å². The minimum atomic E-state index is -0.773. The molecule has 0 unspecified atom stereocenters. The minimum Gasteiger partial charge on any atom is -0.472 e. The average Bonchev–Trinajstić information content (AvgIpc) is 4.09. The van der Waals surface area contributed by atoms with E-state index in [0.717, 1.165) is 29.5 Å². The fourth-order valence-electron chi connectivity index (χ4n) is 8.75. The Morgan fingerprint density at radius 3 is 1.93 bits per heavy atom. The number of carbonyl (C=O) groups is 4. The molecule has 8 rings (SSSR count). The first-order valence-corrected chi connectivity index (χ1v) is 20.9. The topological polar surface area (TPSA) is 189 Å². The Hall–Kier alpha value is -6.10. The largest absolute Gasteiger partial charge is 0.472 e. The first-order valence-electron chi connectivity index (χ1n) is 20.5. The maximum Gasteiger partial charge on any atom is 0.407 e. The van der Waals surface area contributed by atoms with Crippen LogP contribution >= 0.6 is 11.6 Å². The van der Waals surface area contributed by atoms with Gasteiger partial charge in [-0.25, -0.2) is 23.9 Å². The van der Waals surface area contributed by atoms with Crippen molar-refractivity contribution in [2.45, 2.75) is 84.3 Å². The quantitative estimate of drug-likeness (QED) is 0.112. The Morgan fingerprint density at radius 1 is 0.820 bits per heavy atom. The molecule has 3 aliphatic heterocycles. The maximum atomic E-state index is 16.0. The lowest BCUT2D eigenvalue weighted by atomic mass is 10.0. The molecule has 5 aromatic rings. The minimum absolute atomic E-state index is 0.121. The first kappa shape index (κ1) is 41.6. The Morgan fingerprint density at radius 2 is 1.38 bits per heavy atom. The Balaban J connectivity index is 1.03. The third kappa shape index (κ3) is 7.75. The lowest BCUT2D eigenvalue weighted by Gasteiger charge is -2.30. The summed E-state index contributed by atoms with van der Waals surface area (Å²) >= 11 is 7.03. The zero-order valence-corrected chi connectivity index (χ0v) is 35.6. The molecule has 0 bridgehead atoms. The van der Waals surface area contributed by atoms with Crippen LogP contribution in [0, 0.1) is 17.7 Å². The van der Waals surface area contributed by atoms with Gasteiger partial charge in [0.2, 0.25) is 11.8 Å². The molecule has 6 heterocycles. The van der Waals surface area contributed by atoms with Gasteiger partial charge in [0.25, 0.3) is 0 Å². The highest BCUT2D eigenvalue weighted by molar-refractivity contribution is 6.34. The molecule has 322 valence electrons. The van der Waals surface area contributed by atoms with Crippen LogP contribution in [0.3, 0.4) is 0 Å². The number of likely N-dealkylation sites (tertiary alicyclic amines) is 2. The van der Waals surface area contributed by atoms with Gasteiger partial charge < -0.3 is 49.2 Å². The highest BCUT2D eigenvalue weighted by Gasteiger charge is 2.39. The maximum absolute atomic E-state index is 16.0. The zero-order chi connectivity index (χ0) is 43.3. The molecular formula is C43H49ClFN9O7. The summed E-state index contributed by atoms with van der Waals surface area (Å²) in [7, 11) is 2.52. The van der Waals surface area contributed by atoms with Gasteiger partial charge in [-0.15, -0.1) is 0 Å². The molecule has 3 aromatic heterocycles. The standard InChI is InChI=1S/C43H49ClFN9O7/c1-21(2)36(50-42(57)59-5)40(55)52-11-7-9-30(52)38-46-18-28(48-38)23-14-26(44)35-33-15-24-13-25(27(45)17-32(24)54(33)20-61-34(35)16-23)29-19-47-39(49-29)31-10-8-12-53(31)41(56)37(22(3)4)51-43(58)60-6/h13-19,21-22,30-31,36-37H,7-12,20H2,1-6H3,(H,46,48)(H,47,49)(H,50,57)(H,51,58)/t30-,31-,36-,37-/m0/s1. The number of benzene rings is 2. The number of aromatic nitrogens is 5.